The second-order valence-corrected chi connectivity index (χ2v) is 5.72. The highest BCUT2D eigenvalue weighted by Crippen LogP contribution is 2.28. The first kappa shape index (κ1) is 20.2. The third kappa shape index (κ3) is 4.01. The molecule has 8 nitrogen and oxygen atoms in total. The number of nitrogens with two attached hydrogens (primary N) is 1. The van der Waals surface area contributed by atoms with Crippen molar-refractivity contribution in [1.29, 1.82) is 5.41 Å². The molecule has 3 N–H and O–H groups in total. The van der Waals surface area contributed by atoms with Crippen molar-refractivity contribution in [3.8, 4) is 0 Å². The van der Waals surface area contributed by atoms with Gasteiger partial charge >= 0.3 is 6.18 Å². The van der Waals surface area contributed by atoms with Crippen molar-refractivity contribution in [3.63, 3.8) is 0 Å². The van der Waals surface area contributed by atoms with E-state index in [4.69, 9.17) is 11.1 Å². The van der Waals surface area contributed by atoms with Crippen molar-refractivity contribution in [1.82, 2.24) is 14.9 Å². The van der Waals surface area contributed by atoms with Crippen LogP contribution in [-0.4, -0.2) is 58.7 Å². The molecule has 27 heavy (non-hydrogen) atoms. The largest absolute Gasteiger partial charge is 0.434 e. The molecule has 0 saturated heterocycles. The molecular weight excluding hydrogens is 363 g/mol. The zero-order chi connectivity index (χ0) is 20.4. The van der Waals surface area contributed by atoms with Crippen LogP contribution < -0.4 is 5.73 Å². The first-order chi connectivity index (χ1) is 12.6. The molecule has 1 aliphatic heterocycles. The van der Waals surface area contributed by atoms with Crippen LogP contribution in [0.1, 0.15) is 24.7 Å². The summed E-state index contributed by atoms with van der Waals surface area (Å²) in [7, 11) is 1.41. The third-order valence-corrected chi connectivity index (χ3v) is 4.17. The minimum atomic E-state index is -4.64. The minimum Gasteiger partial charge on any atom is -0.400 e. The topological polar surface area (TPSA) is 121 Å². The van der Waals surface area contributed by atoms with Crippen LogP contribution >= 0.6 is 0 Å². The Morgan fingerprint density at radius 2 is 2.11 bits per heavy atom. The van der Waals surface area contributed by atoms with E-state index < -0.39 is 29.7 Å². The lowest BCUT2D eigenvalue weighted by Crippen LogP contribution is -2.48. The fraction of sp³-hybridized carbons (Fsp3) is 0.375. The number of halogens is 3. The predicted octanol–water partition coefficient (Wildman–Crippen LogP) is 1.43. The summed E-state index contributed by atoms with van der Waals surface area (Å²) in [6, 6.07) is -0.598. The number of hydrogen-bond donors (Lipinski definition) is 2. The average molecular weight is 381 g/mol. The summed E-state index contributed by atoms with van der Waals surface area (Å²) in [6.45, 7) is 4.99. The molecule has 0 fully saturated rings. The Balaban J connectivity index is 2.42. The molecule has 1 aliphatic rings. The average Bonchev–Trinajstić information content (AvgIpc) is 2.64. The van der Waals surface area contributed by atoms with Crippen LogP contribution in [-0.2, 0) is 11.0 Å². The fourth-order valence-electron chi connectivity index (χ4n) is 2.75. The van der Waals surface area contributed by atoms with Gasteiger partial charge in [0.2, 0.25) is 5.84 Å². The summed E-state index contributed by atoms with van der Waals surface area (Å²) >= 11 is 0. The number of amides is 1. The summed E-state index contributed by atoms with van der Waals surface area (Å²) in [6.07, 6.45) is -2.59. The number of carbonyl (C=O) groups is 1. The van der Waals surface area contributed by atoms with Gasteiger partial charge in [-0.05, 0) is 20.1 Å². The standard InChI is InChI=1S/C16H18F3N7O/c1-8-12(20)9(4-5-26(8)15(27)14(21)23-3)13(22-2)10-6-24-7-11(25-10)16(17,18)19/h6-8,21H,3-5,20H2,1-2H3/t8-/m1/s1. The van der Waals surface area contributed by atoms with Crippen LogP contribution in [0.4, 0.5) is 13.2 Å². The van der Waals surface area contributed by atoms with Crippen LogP contribution in [0, 0.1) is 5.41 Å². The SMILES string of the molecule is C=NC(=N)C(=O)N1CCC(C(=NC)c2cncc(C(F)(F)F)n2)=C(N)[C@H]1C. The molecule has 0 unspecified atom stereocenters. The molecule has 0 aromatic carbocycles. The van der Waals surface area contributed by atoms with E-state index in [1.807, 2.05) is 0 Å². The van der Waals surface area contributed by atoms with Gasteiger partial charge in [-0.2, -0.15) is 13.2 Å². The minimum absolute atomic E-state index is 0.0576. The summed E-state index contributed by atoms with van der Waals surface area (Å²) < 4.78 is 38.7. The summed E-state index contributed by atoms with van der Waals surface area (Å²) in [5.41, 5.74) is 5.88. The zero-order valence-corrected chi connectivity index (χ0v) is 14.7. The number of amidine groups is 1. The van der Waals surface area contributed by atoms with Crippen molar-refractivity contribution < 1.29 is 18.0 Å². The van der Waals surface area contributed by atoms with Crippen molar-refractivity contribution in [3.05, 3.63) is 35.1 Å². The van der Waals surface area contributed by atoms with Crippen LogP contribution in [0.15, 0.2) is 33.6 Å². The Labute approximate surface area is 153 Å². The molecule has 1 aromatic heterocycles. The van der Waals surface area contributed by atoms with Crippen LogP contribution in [0.2, 0.25) is 0 Å². The van der Waals surface area contributed by atoms with E-state index in [1.54, 1.807) is 6.92 Å². The Morgan fingerprint density at radius 1 is 1.44 bits per heavy atom. The second-order valence-electron chi connectivity index (χ2n) is 5.72. The number of aromatic nitrogens is 2. The van der Waals surface area contributed by atoms with Gasteiger partial charge in [0, 0.05) is 24.9 Å². The molecule has 1 aromatic rings. The lowest BCUT2D eigenvalue weighted by molar-refractivity contribution is -0.141. The molecule has 0 spiro atoms. The number of alkyl halides is 3. The molecule has 2 rings (SSSR count). The van der Waals surface area contributed by atoms with Gasteiger partial charge in [-0.25, -0.2) is 9.98 Å². The number of rotatable bonds is 2. The second kappa shape index (κ2) is 7.64. The van der Waals surface area contributed by atoms with Gasteiger partial charge in [-0.15, -0.1) is 0 Å². The molecule has 2 heterocycles. The molecule has 0 bridgehead atoms. The summed E-state index contributed by atoms with van der Waals surface area (Å²) in [5, 5.41) is 7.50. The lowest BCUT2D eigenvalue weighted by Gasteiger charge is -2.35. The van der Waals surface area contributed by atoms with E-state index >= 15 is 0 Å². The molecule has 0 saturated carbocycles. The molecule has 11 heteroatoms. The Morgan fingerprint density at radius 3 is 2.67 bits per heavy atom. The Kier molecular flexibility index (Phi) is 5.72. The highest BCUT2D eigenvalue weighted by molar-refractivity contribution is 6.37. The van der Waals surface area contributed by atoms with E-state index in [0.29, 0.717) is 11.8 Å². The van der Waals surface area contributed by atoms with E-state index in [1.165, 1.54) is 18.1 Å². The highest BCUT2D eigenvalue weighted by Gasteiger charge is 2.35. The van der Waals surface area contributed by atoms with Crippen LogP contribution in [0.25, 0.3) is 0 Å². The van der Waals surface area contributed by atoms with Crippen molar-refractivity contribution >= 4 is 24.2 Å². The quantitative estimate of drug-likeness (QED) is 0.594. The van der Waals surface area contributed by atoms with Gasteiger partial charge in [-0.1, -0.05) is 0 Å². The summed E-state index contributed by atoms with van der Waals surface area (Å²) in [4.78, 5) is 28.1. The van der Waals surface area contributed by atoms with Crippen molar-refractivity contribution in [2.24, 2.45) is 15.7 Å². The van der Waals surface area contributed by atoms with Gasteiger partial charge in [0.25, 0.3) is 5.91 Å². The zero-order valence-electron chi connectivity index (χ0n) is 14.7. The number of carbonyl (C=O) groups excluding carboxylic acids is 1. The third-order valence-electron chi connectivity index (χ3n) is 4.17. The van der Waals surface area contributed by atoms with Gasteiger partial charge < -0.3 is 10.6 Å². The Bertz CT molecular complexity index is 845. The maximum Gasteiger partial charge on any atom is 0.434 e. The molecular formula is C16H18F3N7O. The van der Waals surface area contributed by atoms with Gasteiger partial charge in [0.05, 0.1) is 24.1 Å². The maximum atomic E-state index is 12.9. The smallest absolute Gasteiger partial charge is 0.400 e. The Hall–Kier alpha value is -3.11. The first-order valence-electron chi connectivity index (χ1n) is 7.83. The van der Waals surface area contributed by atoms with E-state index in [-0.39, 0.29) is 30.1 Å². The predicted molar refractivity (Wildman–Crippen MR) is 93.8 cm³/mol. The maximum absolute atomic E-state index is 12.9. The number of hydrogen-bond acceptors (Lipinski definition) is 6. The monoisotopic (exact) mass is 381 g/mol. The van der Waals surface area contributed by atoms with Crippen LogP contribution in [0.3, 0.4) is 0 Å². The van der Waals surface area contributed by atoms with E-state index in [9.17, 15) is 18.0 Å². The van der Waals surface area contributed by atoms with Crippen molar-refractivity contribution in [2.75, 3.05) is 13.6 Å². The number of nitrogens with zero attached hydrogens (tertiary/aromatic N) is 5. The molecule has 0 aliphatic carbocycles. The normalized spacial score (nSPS) is 18.5. The molecule has 144 valence electrons. The molecule has 1 amide bonds. The van der Waals surface area contributed by atoms with Gasteiger partial charge in [-0.3, -0.25) is 20.2 Å². The fourth-order valence-corrected chi connectivity index (χ4v) is 2.75. The number of aliphatic imine (C=N–C) groups is 2. The first-order valence-corrected chi connectivity index (χ1v) is 7.83. The molecule has 0 radical (unpaired) electrons. The summed E-state index contributed by atoms with van der Waals surface area (Å²) in [5.74, 6) is -1.14. The van der Waals surface area contributed by atoms with Gasteiger partial charge in [0.15, 0.2) is 5.69 Å². The van der Waals surface area contributed by atoms with Crippen LogP contribution in [0.5, 0.6) is 0 Å². The number of nitrogens with one attached hydrogen (secondary N) is 1. The molecule has 1 atom stereocenters. The highest BCUT2D eigenvalue weighted by atomic mass is 19.4. The van der Waals surface area contributed by atoms with E-state index in [2.05, 4.69) is 26.7 Å². The van der Waals surface area contributed by atoms with Crippen molar-refractivity contribution in [2.45, 2.75) is 25.6 Å². The van der Waals surface area contributed by atoms with E-state index in [0.717, 1.165) is 0 Å². The lowest BCUT2D eigenvalue weighted by atomic mass is 9.94. The van der Waals surface area contributed by atoms with Gasteiger partial charge in [0.1, 0.15) is 5.69 Å².